The number of carbonyl (C=O) groups excluding carboxylic acids is 2. The van der Waals surface area contributed by atoms with Crippen molar-refractivity contribution in [3.05, 3.63) is 74.7 Å². The highest BCUT2D eigenvalue weighted by molar-refractivity contribution is 5.99. The third-order valence-corrected chi connectivity index (χ3v) is 7.93. The third-order valence-electron chi connectivity index (χ3n) is 7.93. The molecular formula is C32H37NO10. The number of hydrogen-bond donors (Lipinski definition) is 4. The Morgan fingerprint density at radius 1 is 1.14 bits per heavy atom. The van der Waals surface area contributed by atoms with Crippen molar-refractivity contribution in [2.45, 2.75) is 78.5 Å². The number of aryl methyl sites for hydroxylation is 1. The molecule has 2 unspecified atom stereocenters. The fourth-order valence-electron chi connectivity index (χ4n) is 5.04. The molecule has 230 valence electrons. The SMILES string of the molecule is CC(C)=CCc1cc(C(=O)Cc2c(O)c3ccc(O[C@@H]4OC(C)(C)C(C)[C@H](OC(N)=O)C4O)c(C)c3oc2=O)ccc1O. The van der Waals surface area contributed by atoms with Crippen molar-refractivity contribution in [2.24, 2.45) is 11.7 Å². The molecule has 0 saturated carbocycles. The van der Waals surface area contributed by atoms with Crippen molar-refractivity contribution in [1.82, 2.24) is 0 Å². The van der Waals surface area contributed by atoms with Crippen LogP contribution in [0.25, 0.3) is 11.0 Å². The molecule has 1 fully saturated rings. The predicted molar refractivity (Wildman–Crippen MR) is 157 cm³/mol. The van der Waals surface area contributed by atoms with Crippen LogP contribution < -0.4 is 16.1 Å². The number of aliphatic hydroxyl groups is 1. The fraction of sp³-hybridized carbons (Fsp3) is 0.406. The number of ketones is 1. The highest BCUT2D eigenvalue weighted by Crippen LogP contribution is 2.39. The fourth-order valence-corrected chi connectivity index (χ4v) is 5.04. The second-order valence-corrected chi connectivity index (χ2v) is 11.6. The van der Waals surface area contributed by atoms with Crippen molar-refractivity contribution < 1.29 is 43.5 Å². The second kappa shape index (κ2) is 12.1. The molecule has 1 saturated heterocycles. The first kappa shape index (κ1) is 31.6. The normalized spacial score (nSPS) is 21.3. The van der Waals surface area contributed by atoms with Gasteiger partial charge < -0.3 is 39.7 Å². The van der Waals surface area contributed by atoms with E-state index in [0.29, 0.717) is 17.5 Å². The molecule has 1 aliphatic rings. The van der Waals surface area contributed by atoms with Crippen LogP contribution >= 0.6 is 0 Å². The highest BCUT2D eigenvalue weighted by atomic mass is 16.7. The van der Waals surface area contributed by atoms with E-state index < -0.39 is 59.7 Å². The van der Waals surface area contributed by atoms with E-state index in [4.69, 9.17) is 24.4 Å². The van der Waals surface area contributed by atoms with E-state index in [0.717, 1.165) is 5.57 Å². The zero-order chi connectivity index (χ0) is 31.8. The number of carbonyl (C=O) groups is 2. The molecule has 1 amide bonds. The lowest BCUT2D eigenvalue weighted by molar-refractivity contribution is -0.283. The Bertz CT molecular complexity index is 1650. The first-order chi connectivity index (χ1) is 20.1. The first-order valence-corrected chi connectivity index (χ1v) is 13.9. The number of Topliss-reactive ketones (excluding diaryl/α,β-unsaturated/α-hetero) is 1. The molecule has 4 atom stereocenters. The maximum Gasteiger partial charge on any atom is 0.404 e. The minimum absolute atomic E-state index is 0.0210. The van der Waals surface area contributed by atoms with E-state index in [9.17, 15) is 29.7 Å². The number of phenolic OH excluding ortho intramolecular Hbond substituents is 1. The lowest BCUT2D eigenvalue weighted by atomic mass is 9.82. The molecule has 0 bridgehead atoms. The summed E-state index contributed by atoms with van der Waals surface area (Å²) in [5.41, 5.74) is 5.46. The van der Waals surface area contributed by atoms with E-state index in [1.807, 2.05) is 19.9 Å². The number of primary amides is 1. The summed E-state index contributed by atoms with van der Waals surface area (Å²) in [5, 5.41) is 32.3. The number of aromatic hydroxyl groups is 2. The van der Waals surface area contributed by atoms with E-state index in [-0.39, 0.29) is 33.6 Å². The molecule has 1 aromatic heterocycles. The summed E-state index contributed by atoms with van der Waals surface area (Å²) >= 11 is 0. The zero-order valence-electron chi connectivity index (χ0n) is 25.0. The average molecular weight is 596 g/mol. The quantitative estimate of drug-likeness (QED) is 0.165. The van der Waals surface area contributed by atoms with Gasteiger partial charge in [0.1, 0.15) is 28.9 Å². The van der Waals surface area contributed by atoms with E-state index in [1.54, 1.807) is 33.8 Å². The van der Waals surface area contributed by atoms with Crippen LogP contribution in [0.4, 0.5) is 4.79 Å². The van der Waals surface area contributed by atoms with Gasteiger partial charge in [-0.3, -0.25) is 4.79 Å². The molecule has 4 rings (SSSR count). The molecule has 11 nitrogen and oxygen atoms in total. The Morgan fingerprint density at radius 3 is 2.49 bits per heavy atom. The number of benzene rings is 2. The Kier molecular flexibility index (Phi) is 8.89. The first-order valence-electron chi connectivity index (χ1n) is 13.9. The number of hydrogen-bond acceptors (Lipinski definition) is 10. The third kappa shape index (κ3) is 6.52. The van der Waals surface area contributed by atoms with Gasteiger partial charge in [0.25, 0.3) is 0 Å². The molecular weight excluding hydrogens is 558 g/mol. The van der Waals surface area contributed by atoms with E-state index >= 15 is 0 Å². The number of ether oxygens (including phenoxy) is 3. The topological polar surface area (TPSA) is 179 Å². The number of nitrogens with two attached hydrogens (primary N) is 1. The molecule has 1 aliphatic heterocycles. The summed E-state index contributed by atoms with van der Waals surface area (Å²) in [6.07, 6.45) is -2.78. The molecule has 2 aromatic carbocycles. The van der Waals surface area contributed by atoms with Crippen LogP contribution in [-0.4, -0.2) is 51.3 Å². The maximum atomic E-state index is 13.1. The van der Waals surface area contributed by atoms with Crippen molar-refractivity contribution in [1.29, 1.82) is 0 Å². The Morgan fingerprint density at radius 2 is 1.84 bits per heavy atom. The van der Waals surface area contributed by atoms with Gasteiger partial charge in [-0.25, -0.2) is 9.59 Å². The lowest BCUT2D eigenvalue weighted by Crippen LogP contribution is -2.61. The number of phenols is 1. The summed E-state index contributed by atoms with van der Waals surface area (Å²) < 4.78 is 22.6. The minimum atomic E-state index is -1.39. The van der Waals surface area contributed by atoms with Crippen molar-refractivity contribution in [2.75, 3.05) is 0 Å². The standard InChI is InChI=1S/C32H37NO10/c1-15(2)7-8-18-13-19(9-11-22(18)34)23(35)14-21-25(36)20-10-12-24(16(3)27(20)41-29(21)38)40-30-26(37)28(42-31(33)39)17(4)32(5,6)43-30/h7,9-13,17,26,28,30,34,36-37H,8,14H2,1-6H3,(H2,33,39)/t17?,26?,28-,30+/m0/s1. The Labute approximate surface area is 248 Å². The number of amides is 1. The molecule has 2 heterocycles. The van der Waals surface area contributed by atoms with Gasteiger partial charge in [-0.15, -0.1) is 0 Å². The number of fused-ring (bicyclic) bond motifs is 1. The smallest absolute Gasteiger partial charge is 0.404 e. The van der Waals surface area contributed by atoms with Crippen LogP contribution in [0.3, 0.4) is 0 Å². The molecule has 3 aromatic rings. The van der Waals surface area contributed by atoms with Gasteiger partial charge in [-0.2, -0.15) is 0 Å². The van der Waals surface area contributed by atoms with Crippen LogP contribution in [0.5, 0.6) is 17.2 Å². The molecule has 43 heavy (non-hydrogen) atoms. The Hall–Kier alpha value is -4.35. The number of allylic oxidation sites excluding steroid dienone is 2. The molecule has 0 radical (unpaired) electrons. The predicted octanol–water partition coefficient (Wildman–Crippen LogP) is 4.42. The zero-order valence-corrected chi connectivity index (χ0v) is 25.0. The van der Waals surface area contributed by atoms with Crippen LogP contribution in [-0.2, 0) is 22.3 Å². The maximum absolute atomic E-state index is 13.1. The highest BCUT2D eigenvalue weighted by Gasteiger charge is 2.50. The summed E-state index contributed by atoms with van der Waals surface area (Å²) in [7, 11) is 0. The van der Waals surface area contributed by atoms with Crippen molar-refractivity contribution in [3.8, 4) is 17.2 Å². The number of rotatable bonds is 8. The van der Waals surface area contributed by atoms with Gasteiger partial charge in [0.15, 0.2) is 11.9 Å². The largest absolute Gasteiger partial charge is 0.508 e. The molecule has 0 aliphatic carbocycles. The van der Waals surface area contributed by atoms with Crippen LogP contribution in [0.15, 0.2) is 51.2 Å². The molecule has 5 N–H and O–H groups in total. The number of aliphatic hydroxyl groups excluding tert-OH is 1. The Balaban J connectivity index is 1.63. The van der Waals surface area contributed by atoms with E-state index in [1.165, 1.54) is 24.3 Å². The van der Waals surface area contributed by atoms with Crippen LogP contribution in [0, 0.1) is 12.8 Å². The second-order valence-electron chi connectivity index (χ2n) is 11.6. The monoisotopic (exact) mass is 595 g/mol. The summed E-state index contributed by atoms with van der Waals surface area (Å²) in [5.74, 6) is -1.04. The van der Waals surface area contributed by atoms with Gasteiger partial charge in [0, 0.05) is 23.5 Å². The van der Waals surface area contributed by atoms with Gasteiger partial charge in [-0.05, 0) is 76.9 Å². The van der Waals surface area contributed by atoms with E-state index in [2.05, 4.69) is 0 Å². The van der Waals surface area contributed by atoms with Crippen LogP contribution in [0.1, 0.15) is 61.7 Å². The average Bonchev–Trinajstić information content (AvgIpc) is 2.93. The van der Waals surface area contributed by atoms with Gasteiger partial charge in [-0.1, -0.05) is 18.6 Å². The van der Waals surface area contributed by atoms with Crippen molar-refractivity contribution in [3.63, 3.8) is 0 Å². The molecule has 11 heteroatoms. The molecule has 0 spiro atoms. The summed E-state index contributed by atoms with van der Waals surface area (Å²) in [6.45, 7) is 10.7. The van der Waals surface area contributed by atoms with Gasteiger partial charge in [0.2, 0.25) is 6.29 Å². The lowest BCUT2D eigenvalue weighted by Gasteiger charge is -2.47. The van der Waals surface area contributed by atoms with Gasteiger partial charge >= 0.3 is 11.7 Å². The van der Waals surface area contributed by atoms with Crippen molar-refractivity contribution >= 4 is 22.8 Å². The minimum Gasteiger partial charge on any atom is -0.508 e. The summed E-state index contributed by atoms with van der Waals surface area (Å²) in [6, 6.07) is 7.41. The van der Waals surface area contributed by atoms with Gasteiger partial charge in [0.05, 0.1) is 16.6 Å². The van der Waals surface area contributed by atoms with Crippen LogP contribution in [0.2, 0.25) is 0 Å². The summed E-state index contributed by atoms with van der Waals surface area (Å²) in [4.78, 5) is 37.6.